The first-order valence-electron chi connectivity index (χ1n) is 6.64. The molecule has 5 nitrogen and oxygen atoms in total. The van der Waals surface area contributed by atoms with Crippen LogP contribution in [-0.2, 0) is 16.0 Å². The summed E-state index contributed by atoms with van der Waals surface area (Å²) < 4.78 is 4.66. The molecule has 0 aliphatic carbocycles. The molecular formula is C13H21N3O2S. The summed E-state index contributed by atoms with van der Waals surface area (Å²) in [6, 6.07) is 0.548. The van der Waals surface area contributed by atoms with Crippen molar-refractivity contribution in [2.24, 2.45) is 0 Å². The summed E-state index contributed by atoms with van der Waals surface area (Å²) in [4.78, 5) is 20.5. The lowest BCUT2D eigenvalue weighted by molar-refractivity contribution is -0.139. The molecule has 1 aromatic rings. The number of thiazole rings is 1. The fourth-order valence-electron chi connectivity index (χ4n) is 2.38. The average molecular weight is 283 g/mol. The first kappa shape index (κ1) is 14.3. The first-order valence-corrected chi connectivity index (χ1v) is 7.52. The zero-order valence-electron chi connectivity index (χ0n) is 11.8. The monoisotopic (exact) mass is 283 g/mol. The van der Waals surface area contributed by atoms with E-state index in [9.17, 15) is 4.79 Å². The van der Waals surface area contributed by atoms with E-state index in [4.69, 9.17) is 0 Å². The molecule has 0 spiro atoms. The number of esters is 1. The van der Waals surface area contributed by atoms with E-state index in [0.29, 0.717) is 6.04 Å². The predicted octanol–water partition coefficient (Wildman–Crippen LogP) is 1.39. The molecule has 0 aromatic carbocycles. The molecule has 19 heavy (non-hydrogen) atoms. The normalized spacial score (nSPS) is 20.6. The Morgan fingerprint density at radius 3 is 3.00 bits per heavy atom. The van der Waals surface area contributed by atoms with Gasteiger partial charge in [0.2, 0.25) is 0 Å². The summed E-state index contributed by atoms with van der Waals surface area (Å²) in [5, 5.41) is 2.96. The van der Waals surface area contributed by atoms with Crippen molar-refractivity contribution in [2.75, 3.05) is 38.2 Å². The maximum Gasteiger partial charge on any atom is 0.311 e. The molecule has 0 bridgehead atoms. The molecule has 106 valence electrons. The van der Waals surface area contributed by atoms with E-state index in [-0.39, 0.29) is 12.4 Å². The number of ether oxygens (including phenoxy) is 1. The van der Waals surface area contributed by atoms with E-state index in [1.165, 1.54) is 7.11 Å². The number of hydrogen-bond acceptors (Lipinski definition) is 6. The number of carbonyl (C=O) groups excluding carboxylic acids is 1. The molecule has 1 aliphatic heterocycles. The Labute approximate surface area is 118 Å². The zero-order chi connectivity index (χ0) is 13.8. The molecule has 1 aliphatic rings. The lowest BCUT2D eigenvalue weighted by atomic mass is 10.2. The topological polar surface area (TPSA) is 45.7 Å². The molecule has 1 aromatic heterocycles. The lowest BCUT2D eigenvalue weighted by Crippen LogP contribution is -2.51. The number of piperazine rings is 1. The van der Waals surface area contributed by atoms with Crippen molar-refractivity contribution >= 4 is 22.4 Å². The third kappa shape index (κ3) is 3.45. The number of anilines is 1. The molecule has 0 N–H and O–H groups in total. The van der Waals surface area contributed by atoms with Gasteiger partial charge in [0.05, 0.1) is 19.2 Å². The Hall–Kier alpha value is -1.14. The lowest BCUT2D eigenvalue weighted by Gasteiger charge is -2.39. The standard InChI is InChI=1S/C13H21N3O2S/c1-4-15-5-6-16(8-10(15)2)13-14-11(9-19-13)7-12(17)18-3/h9-10H,4-8H2,1-3H3. The molecule has 0 amide bonds. The van der Waals surface area contributed by atoms with Gasteiger partial charge in [-0.3, -0.25) is 9.69 Å². The van der Waals surface area contributed by atoms with Crippen LogP contribution >= 0.6 is 11.3 Å². The highest BCUT2D eigenvalue weighted by Crippen LogP contribution is 2.23. The predicted molar refractivity (Wildman–Crippen MR) is 76.8 cm³/mol. The van der Waals surface area contributed by atoms with Crippen molar-refractivity contribution in [1.29, 1.82) is 0 Å². The van der Waals surface area contributed by atoms with E-state index in [1.807, 2.05) is 5.38 Å². The Kier molecular flexibility index (Phi) is 4.76. The van der Waals surface area contributed by atoms with Crippen LogP contribution in [0.15, 0.2) is 5.38 Å². The average Bonchev–Trinajstić information content (AvgIpc) is 2.87. The van der Waals surface area contributed by atoms with Crippen LogP contribution < -0.4 is 4.90 Å². The fourth-order valence-corrected chi connectivity index (χ4v) is 3.24. The SMILES string of the molecule is CCN1CCN(c2nc(CC(=O)OC)cs2)CC1C. The van der Waals surface area contributed by atoms with Gasteiger partial charge in [-0.2, -0.15) is 0 Å². The van der Waals surface area contributed by atoms with Gasteiger partial charge in [0.1, 0.15) is 0 Å². The smallest absolute Gasteiger partial charge is 0.311 e. The third-order valence-corrected chi connectivity index (χ3v) is 4.48. The molecule has 1 atom stereocenters. The van der Waals surface area contributed by atoms with Crippen LogP contribution in [0.4, 0.5) is 5.13 Å². The van der Waals surface area contributed by atoms with E-state index in [1.54, 1.807) is 11.3 Å². The van der Waals surface area contributed by atoms with Crippen LogP contribution in [0.1, 0.15) is 19.5 Å². The van der Waals surface area contributed by atoms with Crippen molar-refractivity contribution in [3.05, 3.63) is 11.1 Å². The second-order valence-electron chi connectivity index (χ2n) is 4.80. The summed E-state index contributed by atoms with van der Waals surface area (Å²) >= 11 is 1.61. The molecule has 1 saturated heterocycles. The molecule has 0 radical (unpaired) electrons. The Morgan fingerprint density at radius 2 is 2.37 bits per heavy atom. The Balaban J connectivity index is 1.97. The van der Waals surface area contributed by atoms with E-state index < -0.39 is 0 Å². The molecule has 1 unspecified atom stereocenters. The molecule has 6 heteroatoms. The zero-order valence-corrected chi connectivity index (χ0v) is 12.6. The number of methoxy groups -OCH3 is 1. The highest BCUT2D eigenvalue weighted by Gasteiger charge is 2.24. The molecule has 2 rings (SSSR count). The van der Waals surface area contributed by atoms with E-state index >= 15 is 0 Å². The van der Waals surface area contributed by atoms with Crippen molar-refractivity contribution in [3.8, 4) is 0 Å². The van der Waals surface area contributed by atoms with Gasteiger partial charge >= 0.3 is 5.97 Å². The summed E-state index contributed by atoms with van der Waals surface area (Å²) in [5.74, 6) is -0.235. The summed E-state index contributed by atoms with van der Waals surface area (Å²) in [7, 11) is 1.40. The van der Waals surface area contributed by atoms with Crippen LogP contribution in [-0.4, -0.2) is 55.2 Å². The van der Waals surface area contributed by atoms with Crippen LogP contribution in [0.5, 0.6) is 0 Å². The number of aromatic nitrogens is 1. The number of rotatable bonds is 4. The molecule has 0 saturated carbocycles. The van der Waals surface area contributed by atoms with Crippen molar-refractivity contribution in [3.63, 3.8) is 0 Å². The van der Waals surface area contributed by atoms with Crippen molar-refractivity contribution in [2.45, 2.75) is 26.3 Å². The van der Waals surface area contributed by atoms with E-state index in [0.717, 1.165) is 37.0 Å². The Bertz CT molecular complexity index is 435. The van der Waals surface area contributed by atoms with Crippen LogP contribution in [0.3, 0.4) is 0 Å². The second-order valence-corrected chi connectivity index (χ2v) is 5.63. The quantitative estimate of drug-likeness (QED) is 0.781. The molecule has 2 heterocycles. The first-order chi connectivity index (χ1) is 9.13. The summed E-state index contributed by atoms with van der Waals surface area (Å²) in [6.07, 6.45) is 0.261. The number of carbonyl (C=O) groups is 1. The van der Waals surface area contributed by atoms with Gasteiger partial charge in [-0.25, -0.2) is 4.98 Å². The number of nitrogens with zero attached hydrogens (tertiary/aromatic N) is 3. The van der Waals surface area contributed by atoms with E-state index in [2.05, 4.69) is 33.4 Å². The van der Waals surface area contributed by atoms with Gasteiger partial charge in [0.25, 0.3) is 0 Å². The van der Waals surface area contributed by atoms with Crippen molar-refractivity contribution < 1.29 is 9.53 Å². The maximum atomic E-state index is 11.2. The van der Waals surface area contributed by atoms with Gasteiger partial charge in [-0.15, -0.1) is 11.3 Å². The summed E-state index contributed by atoms with van der Waals surface area (Å²) in [6.45, 7) is 8.62. The van der Waals surface area contributed by atoms with Crippen LogP contribution in [0, 0.1) is 0 Å². The minimum Gasteiger partial charge on any atom is -0.469 e. The highest BCUT2D eigenvalue weighted by atomic mass is 32.1. The minimum absolute atomic E-state index is 0.235. The van der Waals surface area contributed by atoms with Gasteiger partial charge < -0.3 is 9.64 Å². The summed E-state index contributed by atoms with van der Waals surface area (Å²) in [5.41, 5.74) is 0.803. The van der Waals surface area contributed by atoms with Gasteiger partial charge in [0.15, 0.2) is 5.13 Å². The van der Waals surface area contributed by atoms with Gasteiger partial charge in [-0.1, -0.05) is 6.92 Å². The van der Waals surface area contributed by atoms with Gasteiger partial charge in [-0.05, 0) is 13.5 Å². The number of hydrogen-bond donors (Lipinski definition) is 0. The second kappa shape index (κ2) is 6.34. The molecular weight excluding hydrogens is 262 g/mol. The van der Waals surface area contributed by atoms with Crippen LogP contribution in [0.25, 0.3) is 0 Å². The number of likely N-dealkylation sites (N-methyl/N-ethyl adjacent to an activating group) is 1. The largest absolute Gasteiger partial charge is 0.469 e. The van der Waals surface area contributed by atoms with Crippen LogP contribution in [0.2, 0.25) is 0 Å². The van der Waals surface area contributed by atoms with Crippen molar-refractivity contribution in [1.82, 2.24) is 9.88 Å². The highest BCUT2D eigenvalue weighted by molar-refractivity contribution is 7.13. The maximum absolute atomic E-state index is 11.2. The minimum atomic E-state index is -0.235. The fraction of sp³-hybridized carbons (Fsp3) is 0.692. The Morgan fingerprint density at radius 1 is 1.58 bits per heavy atom. The van der Waals surface area contributed by atoms with Gasteiger partial charge in [0, 0.05) is 31.1 Å². The molecule has 1 fully saturated rings. The third-order valence-electron chi connectivity index (χ3n) is 3.53.